The summed E-state index contributed by atoms with van der Waals surface area (Å²) in [5.74, 6) is -0.495. The molecular weight excluding hydrogens is 458 g/mol. The van der Waals surface area contributed by atoms with Crippen LogP contribution in [0.25, 0.3) is 0 Å². The maximum atomic E-state index is 13.0. The second-order valence-corrected chi connectivity index (χ2v) is 9.63. The quantitative estimate of drug-likeness (QED) is 0.488. The predicted octanol–water partition coefficient (Wildman–Crippen LogP) is 3.17. The molecule has 0 saturated carbocycles. The van der Waals surface area contributed by atoms with Crippen LogP contribution in [-0.4, -0.2) is 63.7 Å². The number of hydrogen-bond donors (Lipinski definition) is 2. The van der Waals surface area contributed by atoms with E-state index in [1.165, 1.54) is 5.56 Å². The highest BCUT2D eigenvalue weighted by Crippen LogP contribution is 2.22. The summed E-state index contributed by atoms with van der Waals surface area (Å²) >= 11 is 0. The monoisotopic (exact) mass is 499 g/mol. The highest BCUT2D eigenvalue weighted by molar-refractivity contribution is 5.90. The van der Waals surface area contributed by atoms with Gasteiger partial charge >= 0.3 is 5.97 Å². The Bertz CT molecular complexity index is 1100. The Balaban J connectivity index is 1.51. The van der Waals surface area contributed by atoms with E-state index in [9.17, 15) is 14.4 Å². The molecule has 2 amide bonds. The lowest BCUT2D eigenvalue weighted by Gasteiger charge is -2.32. The first-order chi connectivity index (χ1) is 17.2. The number of nitrogens with zero attached hydrogens (tertiary/aromatic N) is 3. The average Bonchev–Trinajstić information content (AvgIpc) is 3.31. The van der Waals surface area contributed by atoms with Crippen molar-refractivity contribution in [3.05, 3.63) is 39.5 Å². The van der Waals surface area contributed by atoms with Crippen molar-refractivity contribution in [2.75, 3.05) is 26.2 Å². The lowest BCUT2D eigenvalue weighted by Crippen LogP contribution is -2.45. The van der Waals surface area contributed by atoms with Crippen molar-refractivity contribution < 1.29 is 19.1 Å². The molecule has 0 unspecified atom stereocenters. The van der Waals surface area contributed by atoms with Gasteiger partial charge in [-0.3, -0.25) is 14.3 Å². The summed E-state index contributed by atoms with van der Waals surface area (Å²) in [5.41, 5.74) is 6.52. The maximum Gasteiger partial charge on any atom is 0.355 e. The van der Waals surface area contributed by atoms with Crippen molar-refractivity contribution in [2.45, 2.75) is 80.2 Å². The first-order valence-corrected chi connectivity index (χ1v) is 13.1. The predicted molar refractivity (Wildman–Crippen MR) is 138 cm³/mol. The molecule has 198 valence electrons. The summed E-state index contributed by atoms with van der Waals surface area (Å²) in [6.45, 7) is 14.6. The third-order valence-electron chi connectivity index (χ3n) is 7.31. The highest BCUT2D eigenvalue weighted by atomic mass is 16.5. The normalized spacial score (nSPS) is 15.7. The Morgan fingerprint density at radius 1 is 1.11 bits per heavy atom. The molecule has 0 aliphatic carbocycles. The van der Waals surface area contributed by atoms with E-state index in [2.05, 4.69) is 29.2 Å². The molecule has 1 atom stereocenters. The molecule has 36 heavy (non-hydrogen) atoms. The van der Waals surface area contributed by atoms with Crippen molar-refractivity contribution in [3.8, 4) is 0 Å². The number of carbonyl (C=O) groups excluding carboxylic acids is 3. The van der Waals surface area contributed by atoms with Gasteiger partial charge in [-0.25, -0.2) is 4.79 Å². The number of hydrogen-bond acceptors (Lipinski definition) is 5. The molecule has 1 aliphatic rings. The number of aryl methyl sites for hydroxylation is 3. The van der Waals surface area contributed by atoms with Crippen molar-refractivity contribution in [3.63, 3.8) is 0 Å². The van der Waals surface area contributed by atoms with Gasteiger partial charge in [0.2, 0.25) is 11.8 Å². The zero-order valence-corrected chi connectivity index (χ0v) is 22.6. The lowest BCUT2D eigenvalue weighted by atomic mass is 9.96. The van der Waals surface area contributed by atoms with Gasteiger partial charge in [-0.2, -0.15) is 5.10 Å². The van der Waals surface area contributed by atoms with Crippen LogP contribution in [0.15, 0.2) is 0 Å². The van der Waals surface area contributed by atoms with Gasteiger partial charge in [0.25, 0.3) is 0 Å². The fourth-order valence-corrected chi connectivity index (χ4v) is 5.24. The molecule has 1 fully saturated rings. The molecule has 9 heteroatoms. The van der Waals surface area contributed by atoms with Crippen LogP contribution in [-0.2, 0) is 33.7 Å². The van der Waals surface area contributed by atoms with Crippen LogP contribution in [0.2, 0.25) is 0 Å². The number of likely N-dealkylation sites (tertiary alicyclic amines) is 1. The van der Waals surface area contributed by atoms with Crippen LogP contribution in [0.3, 0.4) is 0 Å². The number of carbonyl (C=O) groups is 3. The number of ether oxygens (including phenoxy) is 1. The lowest BCUT2D eigenvalue weighted by molar-refractivity contribution is -0.135. The smallest absolute Gasteiger partial charge is 0.355 e. The number of nitrogens with one attached hydrogen (secondary N) is 2. The van der Waals surface area contributed by atoms with Gasteiger partial charge in [-0.1, -0.05) is 0 Å². The number of rotatable bonds is 10. The van der Waals surface area contributed by atoms with Gasteiger partial charge in [0.1, 0.15) is 5.69 Å². The average molecular weight is 500 g/mol. The second-order valence-electron chi connectivity index (χ2n) is 9.63. The summed E-state index contributed by atoms with van der Waals surface area (Å²) in [5, 5.41) is 7.63. The number of aromatic nitrogens is 3. The topological polar surface area (TPSA) is 109 Å². The Kier molecular flexibility index (Phi) is 9.34. The molecule has 9 nitrogen and oxygen atoms in total. The molecule has 2 N–H and O–H groups in total. The van der Waals surface area contributed by atoms with Gasteiger partial charge in [0.15, 0.2) is 0 Å². The van der Waals surface area contributed by atoms with Crippen LogP contribution in [0, 0.1) is 33.6 Å². The van der Waals surface area contributed by atoms with Crippen LogP contribution < -0.4 is 5.32 Å². The number of H-pyrrole nitrogens is 1. The number of piperidine rings is 1. The summed E-state index contributed by atoms with van der Waals surface area (Å²) in [4.78, 5) is 42.9. The summed E-state index contributed by atoms with van der Waals surface area (Å²) in [6, 6.07) is 0. The molecular formula is C27H41N5O4. The fourth-order valence-electron chi connectivity index (χ4n) is 5.24. The van der Waals surface area contributed by atoms with Crippen molar-refractivity contribution in [1.29, 1.82) is 0 Å². The van der Waals surface area contributed by atoms with E-state index in [4.69, 9.17) is 4.74 Å². The first-order valence-electron chi connectivity index (χ1n) is 13.1. The van der Waals surface area contributed by atoms with E-state index in [0.29, 0.717) is 44.8 Å². The summed E-state index contributed by atoms with van der Waals surface area (Å²) in [7, 11) is 0. The first kappa shape index (κ1) is 27.5. The molecule has 0 spiro atoms. The van der Waals surface area contributed by atoms with E-state index in [0.717, 1.165) is 54.0 Å². The summed E-state index contributed by atoms with van der Waals surface area (Å²) in [6.07, 6.45) is 3.25. The van der Waals surface area contributed by atoms with Crippen LogP contribution in [0.5, 0.6) is 0 Å². The zero-order valence-electron chi connectivity index (χ0n) is 22.6. The Morgan fingerprint density at radius 3 is 2.53 bits per heavy atom. The Hall–Kier alpha value is -3.10. The highest BCUT2D eigenvalue weighted by Gasteiger charge is 2.28. The maximum absolute atomic E-state index is 13.0. The molecule has 3 heterocycles. The molecule has 1 aliphatic heterocycles. The second kappa shape index (κ2) is 12.2. The molecule has 3 rings (SSSR count). The molecule has 0 bridgehead atoms. The van der Waals surface area contributed by atoms with Crippen molar-refractivity contribution in [1.82, 2.24) is 25.0 Å². The van der Waals surface area contributed by atoms with E-state index in [1.54, 1.807) is 6.92 Å². The van der Waals surface area contributed by atoms with Gasteiger partial charge in [-0.05, 0) is 83.9 Å². The molecule has 1 saturated heterocycles. The third kappa shape index (κ3) is 6.17. The van der Waals surface area contributed by atoms with Gasteiger partial charge < -0.3 is 19.9 Å². The SMILES string of the molecule is CCOC(=O)c1[nH]c(C)c(CCC(=O)N2CCC[C@H](C(=O)NCCc3c(C)nn(CC)c3C)C2)c1C. The Labute approximate surface area is 214 Å². The molecule has 2 aromatic rings. The minimum Gasteiger partial charge on any atom is -0.461 e. The number of amides is 2. The van der Waals surface area contributed by atoms with Crippen LogP contribution >= 0.6 is 0 Å². The van der Waals surface area contributed by atoms with Crippen molar-refractivity contribution >= 4 is 17.8 Å². The largest absolute Gasteiger partial charge is 0.461 e. The van der Waals surface area contributed by atoms with Crippen LogP contribution in [0.1, 0.15) is 77.4 Å². The van der Waals surface area contributed by atoms with Crippen LogP contribution in [0.4, 0.5) is 0 Å². The minimum absolute atomic E-state index is 0.0158. The molecule has 2 aromatic heterocycles. The van der Waals surface area contributed by atoms with E-state index < -0.39 is 0 Å². The van der Waals surface area contributed by atoms with Gasteiger partial charge in [0.05, 0.1) is 18.2 Å². The van der Waals surface area contributed by atoms with Gasteiger partial charge in [-0.15, -0.1) is 0 Å². The summed E-state index contributed by atoms with van der Waals surface area (Å²) < 4.78 is 7.11. The molecule has 0 aromatic carbocycles. The minimum atomic E-state index is -0.370. The van der Waals surface area contributed by atoms with E-state index >= 15 is 0 Å². The Morgan fingerprint density at radius 2 is 1.86 bits per heavy atom. The zero-order chi connectivity index (χ0) is 26.4. The number of aromatic amines is 1. The standard InChI is InChI=1S/C27H41N5O4/c1-7-32-20(6)23(19(5)30-32)13-14-28-26(34)21-10-9-15-31(16-21)24(33)12-11-22-17(3)25(29-18(22)4)27(35)36-8-2/h21,29H,7-16H2,1-6H3,(H,28,34)/t21-/m0/s1. The van der Waals surface area contributed by atoms with E-state index in [1.807, 2.05) is 30.4 Å². The third-order valence-corrected chi connectivity index (χ3v) is 7.31. The van der Waals surface area contributed by atoms with E-state index in [-0.39, 0.29) is 23.7 Å². The fraction of sp³-hybridized carbons (Fsp3) is 0.630. The van der Waals surface area contributed by atoms with Crippen molar-refractivity contribution in [2.24, 2.45) is 5.92 Å². The molecule has 0 radical (unpaired) electrons. The number of esters is 1. The van der Waals surface area contributed by atoms with Gasteiger partial charge in [0, 0.05) is 44.0 Å².